The van der Waals surface area contributed by atoms with Gasteiger partial charge in [0.1, 0.15) is 5.75 Å². The maximum absolute atomic E-state index is 10.0. The first-order valence-electron chi connectivity index (χ1n) is 9.05. The molecule has 0 saturated carbocycles. The van der Waals surface area contributed by atoms with Gasteiger partial charge >= 0.3 is 0 Å². The first-order valence-corrected chi connectivity index (χ1v) is 9.05. The van der Waals surface area contributed by atoms with Crippen LogP contribution in [0.25, 0.3) is 0 Å². The number of aromatic hydroxyl groups is 1. The minimum atomic E-state index is 0.208. The van der Waals surface area contributed by atoms with Crippen molar-refractivity contribution >= 4 is 0 Å². The highest BCUT2D eigenvalue weighted by molar-refractivity contribution is 5.31. The van der Waals surface area contributed by atoms with Gasteiger partial charge in [0.25, 0.3) is 0 Å². The zero-order valence-electron chi connectivity index (χ0n) is 14.9. The van der Waals surface area contributed by atoms with E-state index in [2.05, 4.69) is 41.0 Å². The largest absolute Gasteiger partial charge is 0.508 e. The van der Waals surface area contributed by atoms with E-state index in [1.165, 1.54) is 11.1 Å². The van der Waals surface area contributed by atoms with Crippen molar-refractivity contribution in [2.24, 2.45) is 0 Å². The third kappa shape index (κ3) is 4.82. The zero-order valence-corrected chi connectivity index (χ0v) is 14.9. The molecule has 1 saturated heterocycles. The Hall–Kier alpha value is -1.88. The molecule has 1 atom stereocenters. The highest BCUT2D eigenvalue weighted by Gasteiger charge is 2.27. The van der Waals surface area contributed by atoms with Crippen LogP contribution in [-0.4, -0.2) is 52.3 Å². The van der Waals surface area contributed by atoms with Crippen molar-refractivity contribution < 1.29 is 10.2 Å². The Morgan fingerprint density at radius 3 is 2.48 bits per heavy atom. The highest BCUT2D eigenvalue weighted by atomic mass is 16.3. The number of hydrogen-bond donors (Lipinski definition) is 2. The van der Waals surface area contributed by atoms with Gasteiger partial charge in [0.15, 0.2) is 0 Å². The standard InChI is InChI=1S/C21H28N2O2/c1-17-6-8-18(9-7-17)14-23-12-11-22(16-20(23)10-13-24)15-19-4-2-3-5-21(19)25/h2-9,20,24-25H,10-16H2,1H3/t20-/m1/s1. The van der Waals surface area contributed by atoms with Crippen LogP contribution < -0.4 is 0 Å². The van der Waals surface area contributed by atoms with Crippen molar-refractivity contribution in [2.75, 3.05) is 26.2 Å². The second kappa shape index (κ2) is 8.48. The SMILES string of the molecule is Cc1ccc(CN2CCN(Cc3ccccc3O)C[C@H]2CCO)cc1. The molecule has 1 fully saturated rings. The van der Waals surface area contributed by atoms with E-state index in [9.17, 15) is 10.2 Å². The molecule has 1 aliphatic heterocycles. The maximum Gasteiger partial charge on any atom is 0.120 e. The molecule has 0 aliphatic carbocycles. The molecule has 2 aromatic carbocycles. The monoisotopic (exact) mass is 340 g/mol. The molecular formula is C21H28N2O2. The number of nitrogens with zero attached hydrogens (tertiary/aromatic N) is 2. The second-order valence-corrected chi connectivity index (χ2v) is 6.99. The van der Waals surface area contributed by atoms with E-state index in [4.69, 9.17) is 0 Å². The van der Waals surface area contributed by atoms with Crippen molar-refractivity contribution in [1.29, 1.82) is 0 Å². The van der Waals surface area contributed by atoms with Gasteiger partial charge in [-0.15, -0.1) is 0 Å². The summed E-state index contributed by atoms with van der Waals surface area (Å²) in [6.07, 6.45) is 0.781. The lowest BCUT2D eigenvalue weighted by atomic mass is 10.1. The number of para-hydroxylation sites is 1. The number of phenolic OH excluding ortho intramolecular Hbond substituents is 1. The molecular weight excluding hydrogens is 312 g/mol. The van der Waals surface area contributed by atoms with Crippen LogP contribution in [0.15, 0.2) is 48.5 Å². The molecule has 0 unspecified atom stereocenters. The summed E-state index contributed by atoms with van der Waals surface area (Å²) >= 11 is 0. The lowest BCUT2D eigenvalue weighted by Gasteiger charge is -2.41. The van der Waals surface area contributed by atoms with Crippen LogP contribution in [0.3, 0.4) is 0 Å². The minimum absolute atomic E-state index is 0.208. The fourth-order valence-electron chi connectivity index (χ4n) is 3.55. The molecule has 2 N–H and O–H groups in total. The van der Waals surface area contributed by atoms with Crippen molar-refractivity contribution in [3.05, 3.63) is 65.2 Å². The van der Waals surface area contributed by atoms with Gasteiger partial charge in [-0.1, -0.05) is 48.0 Å². The van der Waals surface area contributed by atoms with Gasteiger partial charge < -0.3 is 10.2 Å². The molecule has 0 amide bonds. The van der Waals surface area contributed by atoms with Crippen LogP contribution >= 0.6 is 0 Å². The van der Waals surface area contributed by atoms with Crippen molar-refractivity contribution in [3.63, 3.8) is 0 Å². The minimum Gasteiger partial charge on any atom is -0.508 e. The topological polar surface area (TPSA) is 46.9 Å². The van der Waals surface area contributed by atoms with Crippen molar-refractivity contribution in [3.8, 4) is 5.75 Å². The van der Waals surface area contributed by atoms with Crippen LogP contribution in [0.4, 0.5) is 0 Å². The molecule has 0 spiro atoms. The molecule has 4 heteroatoms. The molecule has 25 heavy (non-hydrogen) atoms. The Morgan fingerprint density at radius 1 is 1.00 bits per heavy atom. The van der Waals surface area contributed by atoms with E-state index in [0.29, 0.717) is 11.8 Å². The van der Waals surface area contributed by atoms with Crippen LogP contribution in [0.5, 0.6) is 5.75 Å². The Kier molecular flexibility index (Phi) is 6.08. The second-order valence-electron chi connectivity index (χ2n) is 6.99. The third-order valence-corrected chi connectivity index (χ3v) is 5.04. The smallest absolute Gasteiger partial charge is 0.120 e. The van der Waals surface area contributed by atoms with Gasteiger partial charge in [0, 0.05) is 50.9 Å². The number of piperazine rings is 1. The summed E-state index contributed by atoms with van der Waals surface area (Å²) in [4.78, 5) is 4.85. The lowest BCUT2D eigenvalue weighted by molar-refractivity contribution is 0.0496. The van der Waals surface area contributed by atoms with Gasteiger partial charge in [0.2, 0.25) is 0 Å². The Bertz CT molecular complexity index is 672. The average molecular weight is 340 g/mol. The number of phenols is 1. The van der Waals surface area contributed by atoms with E-state index >= 15 is 0 Å². The molecule has 1 aliphatic rings. The summed E-state index contributed by atoms with van der Waals surface area (Å²) in [6, 6.07) is 16.6. The van der Waals surface area contributed by atoms with E-state index in [1.807, 2.05) is 18.2 Å². The summed E-state index contributed by atoms with van der Waals surface area (Å²) in [5.41, 5.74) is 3.57. The van der Waals surface area contributed by atoms with E-state index in [1.54, 1.807) is 6.07 Å². The molecule has 1 heterocycles. The molecule has 0 bridgehead atoms. The van der Waals surface area contributed by atoms with Gasteiger partial charge in [0.05, 0.1) is 0 Å². The van der Waals surface area contributed by atoms with Crippen LogP contribution in [0.2, 0.25) is 0 Å². The summed E-state index contributed by atoms with van der Waals surface area (Å²) in [5, 5.41) is 19.5. The molecule has 0 aromatic heterocycles. The number of aryl methyl sites for hydroxylation is 1. The predicted molar refractivity (Wildman–Crippen MR) is 100 cm³/mol. The molecule has 134 valence electrons. The van der Waals surface area contributed by atoms with Crippen molar-refractivity contribution in [2.45, 2.75) is 32.5 Å². The van der Waals surface area contributed by atoms with Gasteiger partial charge in [-0.25, -0.2) is 0 Å². The van der Waals surface area contributed by atoms with Gasteiger partial charge in [-0.05, 0) is 25.0 Å². The Morgan fingerprint density at radius 2 is 1.76 bits per heavy atom. The molecule has 2 aromatic rings. The van der Waals surface area contributed by atoms with E-state index in [-0.39, 0.29) is 6.61 Å². The fraction of sp³-hybridized carbons (Fsp3) is 0.429. The summed E-state index contributed by atoms with van der Waals surface area (Å²) < 4.78 is 0. The van der Waals surface area contributed by atoms with Gasteiger partial charge in [-0.2, -0.15) is 0 Å². The van der Waals surface area contributed by atoms with Gasteiger partial charge in [-0.3, -0.25) is 9.80 Å². The number of benzene rings is 2. The van der Waals surface area contributed by atoms with Crippen LogP contribution in [0, 0.1) is 6.92 Å². The first-order chi connectivity index (χ1) is 12.2. The third-order valence-electron chi connectivity index (χ3n) is 5.04. The Balaban J connectivity index is 1.63. The predicted octanol–water partition coefficient (Wildman–Crippen LogP) is 2.77. The maximum atomic E-state index is 10.0. The molecule has 0 radical (unpaired) electrons. The number of aliphatic hydroxyl groups excluding tert-OH is 1. The van der Waals surface area contributed by atoms with Crippen molar-refractivity contribution in [1.82, 2.24) is 9.80 Å². The zero-order chi connectivity index (χ0) is 17.6. The normalized spacial score (nSPS) is 19.2. The van der Waals surface area contributed by atoms with E-state index in [0.717, 1.165) is 44.7 Å². The Labute approximate surface area is 150 Å². The van der Waals surface area contributed by atoms with Crippen LogP contribution in [-0.2, 0) is 13.1 Å². The average Bonchev–Trinajstić information content (AvgIpc) is 2.61. The summed E-state index contributed by atoms with van der Waals surface area (Å²) in [7, 11) is 0. The number of hydrogen-bond acceptors (Lipinski definition) is 4. The summed E-state index contributed by atoms with van der Waals surface area (Å²) in [6.45, 7) is 6.87. The summed E-state index contributed by atoms with van der Waals surface area (Å²) in [5.74, 6) is 0.364. The van der Waals surface area contributed by atoms with Crippen LogP contribution in [0.1, 0.15) is 23.1 Å². The van der Waals surface area contributed by atoms with E-state index < -0.39 is 0 Å². The first kappa shape index (κ1) is 17.9. The lowest BCUT2D eigenvalue weighted by Crippen LogP contribution is -2.52. The molecule has 3 rings (SSSR count). The fourth-order valence-corrected chi connectivity index (χ4v) is 3.55. The highest BCUT2D eigenvalue weighted by Crippen LogP contribution is 2.22. The quantitative estimate of drug-likeness (QED) is 0.849. The number of aliphatic hydroxyl groups is 1. The number of rotatable bonds is 6. The molecule has 4 nitrogen and oxygen atoms in total.